The molecule has 4 rings (SSSR count). The Kier molecular flexibility index (Phi) is 5.73. The van der Waals surface area contributed by atoms with Gasteiger partial charge in [0.2, 0.25) is 11.8 Å². The molecule has 2 amide bonds. The minimum Gasteiger partial charge on any atom is -0.444 e. The summed E-state index contributed by atoms with van der Waals surface area (Å²) in [6, 6.07) is 4.66. The summed E-state index contributed by atoms with van der Waals surface area (Å²) in [4.78, 5) is 35.2. The zero-order chi connectivity index (χ0) is 22.1. The minimum atomic E-state index is -0.727. The molecule has 160 valence electrons. The highest BCUT2D eigenvalue weighted by molar-refractivity contribution is 8.00. The van der Waals surface area contributed by atoms with Crippen molar-refractivity contribution < 1.29 is 22.8 Å². The van der Waals surface area contributed by atoms with Crippen LogP contribution in [0.4, 0.5) is 14.5 Å². The predicted octanol–water partition coefficient (Wildman–Crippen LogP) is 3.61. The van der Waals surface area contributed by atoms with Gasteiger partial charge in [-0.25, -0.2) is 18.7 Å². The number of aromatic nitrogens is 2. The first-order valence-electron chi connectivity index (χ1n) is 9.42. The van der Waals surface area contributed by atoms with Crippen LogP contribution in [-0.2, 0) is 17.9 Å². The Morgan fingerprint density at radius 3 is 2.61 bits per heavy atom. The number of thioether (sulfide) groups is 1. The average Bonchev–Trinajstić information content (AvgIpc) is 3.14. The number of aryl methyl sites for hydroxylation is 1. The van der Waals surface area contributed by atoms with Crippen molar-refractivity contribution in [2.75, 3.05) is 4.90 Å². The number of fused-ring (bicyclic) bond motifs is 1. The van der Waals surface area contributed by atoms with Crippen LogP contribution in [0.5, 0.6) is 0 Å². The van der Waals surface area contributed by atoms with Gasteiger partial charge in [0.15, 0.2) is 0 Å². The lowest BCUT2D eigenvalue weighted by molar-refractivity contribution is -0.118. The number of amides is 2. The number of carbonyl (C=O) groups excluding carboxylic acids is 2. The van der Waals surface area contributed by atoms with Crippen molar-refractivity contribution in [3.8, 4) is 0 Å². The molecule has 2 aromatic heterocycles. The van der Waals surface area contributed by atoms with Crippen LogP contribution >= 0.6 is 11.8 Å². The van der Waals surface area contributed by atoms with E-state index in [0.29, 0.717) is 27.9 Å². The van der Waals surface area contributed by atoms with Crippen molar-refractivity contribution >= 4 is 29.3 Å². The fourth-order valence-corrected chi connectivity index (χ4v) is 4.16. The molecular weight excluding hydrogens is 426 g/mol. The number of carbonyl (C=O) groups is 2. The molecule has 1 aliphatic heterocycles. The average molecular weight is 444 g/mol. The number of pyridine rings is 1. The maximum atomic E-state index is 13.6. The third-order valence-electron chi connectivity index (χ3n) is 4.62. The largest absolute Gasteiger partial charge is 0.444 e. The molecule has 31 heavy (non-hydrogen) atoms. The van der Waals surface area contributed by atoms with Crippen LogP contribution in [0.3, 0.4) is 0 Å². The molecule has 1 aliphatic rings. The lowest BCUT2D eigenvalue weighted by atomic mass is 10.1. The van der Waals surface area contributed by atoms with Gasteiger partial charge in [-0.05, 0) is 37.6 Å². The van der Waals surface area contributed by atoms with Gasteiger partial charge in [-0.3, -0.25) is 9.59 Å². The fourth-order valence-electron chi connectivity index (χ4n) is 3.19. The predicted molar refractivity (Wildman–Crippen MR) is 110 cm³/mol. The Labute approximate surface area is 180 Å². The second-order valence-corrected chi connectivity index (χ2v) is 8.39. The summed E-state index contributed by atoms with van der Waals surface area (Å²) in [7, 11) is 0. The molecule has 0 saturated heterocycles. The fraction of sp³-hybridized carbons (Fsp3) is 0.238. The maximum absolute atomic E-state index is 13.6. The first kappa shape index (κ1) is 21.0. The zero-order valence-electron chi connectivity index (χ0n) is 16.7. The summed E-state index contributed by atoms with van der Waals surface area (Å²) in [5.41, 5.74) is 0.947. The Balaban J connectivity index is 1.60. The summed E-state index contributed by atoms with van der Waals surface area (Å²) in [6.07, 6.45) is 2.98. The van der Waals surface area contributed by atoms with E-state index in [1.54, 1.807) is 26.1 Å². The van der Waals surface area contributed by atoms with Crippen molar-refractivity contribution in [3.05, 3.63) is 71.1 Å². The molecule has 7 nitrogen and oxygen atoms in total. The summed E-state index contributed by atoms with van der Waals surface area (Å²) in [5, 5.41) is 2.82. The molecular formula is C21H18F2N4O3S. The van der Waals surface area contributed by atoms with Crippen LogP contribution in [0, 0.1) is 18.6 Å². The van der Waals surface area contributed by atoms with Gasteiger partial charge in [0.25, 0.3) is 5.91 Å². The Hall–Kier alpha value is -3.27. The number of rotatable bonds is 5. The third kappa shape index (κ3) is 4.58. The van der Waals surface area contributed by atoms with Gasteiger partial charge < -0.3 is 14.6 Å². The van der Waals surface area contributed by atoms with Crippen LogP contribution in [0.1, 0.15) is 34.5 Å². The topological polar surface area (TPSA) is 88.3 Å². The van der Waals surface area contributed by atoms with E-state index < -0.39 is 22.8 Å². The molecule has 0 saturated carbocycles. The van der Waals surface area contributed by atoms with Crippen molar-refractivity contribution in [1.29, 1.82) is 0 Å². The van der Waals surface area contributed by atoms with Crippen molar-refractivity contribution in [1.82, 2.24) is 15.3 Å². The number of hydrogen-bond donors (Lipinski definition) is 1. The van der Waals surface area contributed by atoms with Gasteiger partial charge in [-0.15, -0.1) is 0 Å². The molecule has 1 aromatic carbocycles. The first-order chi connectivity index (χ1) is 14.8. The van der Waals surface area contributed by atoms with E-state index in [4.69, 9.17) is 4.42 Å². The summed E-state index contributed by atoms with van der Waals surface area (Å²) in [6.45, 7) is 3.53. The standard InChI is InChI=1S/C21H18F2N4O3S/c1-11-7-24-18(30-11)9-25-19(28)14-5-17-20(26-8-14)31-12(2)21(29)27(17)10-13-3-15(22)6-16(23)4-13/h3-8,12H,9-10H2,1-2H3,(H,25,28). The highest BCUT2D eigenvalue weighted by Crippen LogP contribution is 2.38. The van der Waals surface area contributed by atoms with E-state index in [2.05, 4.69) is 15.3 Å². The molecule has 0 aliphatic carbocycles. The summed E-state index contributed by atoms with van der Waals surface area (Å²) >= 11 is 1.27. The van der Waals surface area contributed by atoms with E-state index in [0.717, 1.165) is 6.07 Å². The number of nitrogens with one attached hydrogen (secondary N) is 1. The number of oxazole rings is 1. The monoisotopic (exact) mass is 444 g/mol. The molecule has 1 unspecified atom stereocenters. The summed E-state index contributed by atoms with van der Waals surface area (Å²) in [5.74, 6) is -1.11. The van der Waals surface area contributed by atoms with Crippen LogP contribution in [0.2, 0.25) is 0 Å². The van der Waals surface area contributed by atoms with E-state index >= 15 is 0 Å². The van der Waals surface area contributed by atoms with Crippen LogP contribution in [0.15, 0.2) is 46.1 Å². The van der Waals surface area contributed by atoms with Crippen molar-refractivity contribution in [3.63, 3.8) is 0 Å². The van der Waals surface area contributed by atoms with E-state index in [1.807, 2.05) is 0 Å². The van der Waals surface area contributed by atoms with Gasteiger partial charge in [0.1, 0.15) is 22.4 Å². The van der Waals surface area contributed by atoms with E-state index in [-0.39, 0.29) is 24.6 Å². The van der Waals surface area contributed by atoms with Gasteiger partial charge in [0.05, 0.1) is 35.8 Å². The second kappa shape index (κ2) is 8.46. The molecule has 0 bridgehead atoms. The lowest BCUT2D eigenvalue weighted by Crippen LogP contribution is -2.40. The van der Waals surface area contributed by atoms with Gasteiger partial charge >= 0.3 is 0 Å². The SMILES string of the molecule is Cc1cnc(CNC(=O)c2cnc3c(c2)N(Cc2cc(F)cc(F)c2)C(=O)C(C)S3)o1. The third-order valence-corrected chi connectivity index (χ3v) is 5.71. The molecule has 0 spiro atoms. The number of halogens is 2. The quantitative estimate of drug-likeness (QED) is 0.647. The van der Waals surface area contributed by atoms with Crippen molar-refractivity contribution in [2.24, 2.45) is 0 Å². The molecule has 1 N–H and O–H groups in total. The molecule has 1 atom stereocenters. The van der Waals surface area contributed by atoms with Crippen LogP contribution < -0.4 is 10.2 Å². The first-order valence-corrected chi connectivity index (χ1v) is 10.3. The number of anilines is 1. The van der Waals surface area contributed by atoms with Gasteiger partial charge in [-0.2, -0.15) is 0 Å². The van der Waals surface area contributed by atoms with Crippen molar-refractivity contribution in [2.45, 2.75) is 37.2 Å². The van der Waals surface area contributed by atoms with E-state index in [1.165, 1.54) is 35.0 Å². The van der Waals surface area contributed by atoms with Gasteiger partial charge in [-0.1, -0.05) is 11.8 Å². The smallest absolute Gasteiger partial charge is 0.253 e. The number of benzene rings is 1. The summed E-state index contributed by atoms with van der Waals surface area (Å²) < 4.78 is 32.6. The van der Waals surface area contributed by atoms with Crippen LogP contribution in [-0.4, -0.2) is 27.0 Å². The number of nitrogens with zero attached hydrogens (tertiary/aromatic N) is 3. The van der Waals surface area contributed by atoms with Crippen LogP contribution in [0.25, 0.3) is 0 Å². The molecule has 3 aromatic rings. The highest BCUT2D eigenvalue weighted by Gasteiger charge is 2.32. The Bertz CT molecular complexity index is 1150. The Morgan fingerprint density at radius 2 is 1.94 bits per heavy atom. The lowest BCUT2D eigenvalue weighted by Gasteiger charge is -2.32. The molecule has 10 heteroatoms. The minimum absolute atomic E-state index is 0.0479. The van der Waals surface area contributed by atoms with Gasteiger partial charge in [0, 0.05) is 12.3 Å². The molecule has 0 radical (unpaired) electrons. The molecule has 0 fully saturated rings. The Morgan fingerprint density at radius 1 is 1.19 bits per heavy atom. The maximum Gasteiger partial charge on any atom is 0.253 e. The second-order valence-electron chi connectivity index (χ2n) is 7.06. The normalized spacial score (nSPS) is 15.7. The zero-order valence-corrected chi connectivity index (χ0v) is 17.5. The molecule has 3 heterocycles. The van der Waals surface area contributed by atoms with E-state index in [9.17, 15) is 18.4 Å². The number of hydrogen-bond acceptors (Lipinski definition) is 6. The highest BCUT2D eigenvalue weighted by atomic mass is 32.2.